The van der Waals surface area contributed by atoms with Crippen LogP contribution in [0.1, 0.15) is 42.7 Å². The van der Waals surface area contributed by atoms with Gasteiger partial charge in [0.1, 0.15) is 13.2 Å². The molecule has 2 amide bonds. The number of fused-ring (bicyclic) bond motifs is 3. The van der Waals surface area contributed by atoms with E-state index in [-0.39, 0.29) is 30.9 Å². The number of hydrogen-bond donors (Lipinski definition) is 3. The number of benzene rings is 2. The Bertz CT molecular complexity index is 952. The van der Waals surface area contributed by atoms with Crippen molar-refractivity contribution in [2.24, 2.45) is 11.8 Å². The van der Waals surface area contributed by atoms with Crippen molar-refractivity contribution < 1.29 is 24.2 Å². The summed E-state index contributed by atoms with van der Waals surface area (Å²) in [5.74, 6) is -1.07. The summed E-state index contributed by atoms with van der Waals surface area (Å²) in [6, 6.07) is 16.5. The van der Waals surface area contributed by atoms with Crippen molar-refractivity contribution in [2.45, 2.75) is 31.6 Å². The molecule has 0 heterocycles. The first kappa shape index (κ1) is 21.9. The van der Waals surface area contributed by atoms with Gasteiger partial charge in [-0.3, -0.25) is 9.59 Å². The second-order valence-corrected chi connectivity index (χ2v) is 8.54. The smallest absolute Gasteiger partial charge is 0.407 e. The van der Waals surface area contributed by atoms with Crippen LogP contribution in [-0.2, 0) is 14.3 Å². The van der Waals surface area contributed by atoms with Crippen molar-refractivity contribution >= 4 is 18.0 Å². The molecule has 0 unspecified atom stereocenters. The maximum Gasteiger partial charge on any atom is 0.407 e. The predicted molar refractivity (Wildman–Crippen MR) is 119 cm³/mol. The Hall–Kier alpha value is -3.35. The van der Waals surface area contributed by atoms with E-state index in [4.69, 9.17) is 9.84 Å². The highest BCUT2D eigenvalue weighted by atomic mass is 16.5. The second-order valence-electron chi connectivity index (χ2n) is 8.54. The van der Waals surface area contributed by atoms with Gasteiger partial charge >= 0.3 is 12.1 Å². The molecule has 2 aromatic rings. The van der Waals surface area contributed by atoms with E-state index in [1.54, 1.807) is 0 Å². The number of alkyl carbamates (subject to hydrolysis) is 1. The number of nitrogens with one attached hydrogen (secondary N) is 2. The molecule has 0 spiro atoms. The average molecular weight is 437 g/mol. The molecule has 2 aromatic carbocycles. The molecule has 4 rings (SSSR count). The van der Waals surface area contributed by atoms with Gasteiger partial charge in [-0.05, 0) is 53.9 Å². The summed E-state index contributed by atoms with van der Waals surface area (Å²) in [5, 5.41) is 14.0. The number of ether oxygens (including phenoxy) is 1. The van der Waals surface area contributed by atoms with Gasteiger partial charge in [0.15, 0.2) is 0 Å². The zero-order valence-corrected chi connectivity index (χ0v) is 17.9. The van der Waals surface area contributed by atoms with Gasteiger partial charge in [-0.1, -0.05) is 48.5 Å². The van der Waals surface area contributed by atoms with Gasteiger partial charge in [-0.15, -0.1) is 0 Å². The van der Waals surface area contributed by atoms with Crippen LogP contribution in [0.15, 0.2) is 48.5 Å². The van der Waals surface area contributed by atoms with E-state index in [0.29, 0.717) is 25.3 Å². The van der Waals surface area contributed by atoms with Gasteiger partial charge in [0, 0.05) is 18.4 Å². The molecule has 0 saturated heterocycles. The van der Waals surface area contributed by atoms with Crippen molar-refractivity contribution in [1.29, 1.82) is 0 Å². The molecule has 7 heteroatoms. The number of carbonyl (C=O) groups excluding carboxylic acids is 2. The molecule has 3 N–H and O–H groups in total. The summed E-state index contributed by atoms with van der Waals surface area (Å²) in [6.45, 7) is 0.457. The van der Waals surface area contributed by atoms with Crippen LogP contribution in [0.3, 0.4) is 0 Å². The fourth-order valence-electron chi connectivity index (χ4n) is 4.81. The van der Waals surface area contributed by atoms with Crippen molar-refractivity contribution in [3.8, 4) is 11.1 Å². The number of carboxylic acid groups (broad SMARTS) is 1. The summed E-state index contributed by atoms with van der Waals surface area (Å²) < 4.78 is 5.57. The normalized spacial score (nSPS) is 19.5. The lowest BCUT2D eigenvalue weighted by molar-refractivity contribution is -0.138. The Morgan fingerprint density at radius 3 is 2.06 bits per heavy atom. The molecule has 7 nitrogen and oxygen atoms in total. The van der Waals surface area contributed by atoms with E-state index < -0.39 is 12.1 Å². The van der Waals surface area contributed by atoms with Gasteiger partial charge in [0.25, 0.3) is 0 Å². The summed E-state index contributed by atoms with van der Waals surface area (Å²) in [5.41, 5.74) is 4.75. The van der Waals surface area contributed by atoms with E-state index in [9.17, 15) is 14.4 Å². The Kier molecular flexibility index (Phi) is 6.73. The minimum atomic E-state index is -1.04. The average Bonchev–Trinajstić information content (AvgIpc) is 3.14. The molecule has 1 saturated carbocycles. The van der Waals surface area contributed by atoms with Crippen LogP contribution in [0.4, 0.5) is 4.79 Å². The van der Waals surface area contributed by atoms with Gasteiger partial charge in [0.2, 0.25) is 5.91 Å². The molecular weight excluding hydrogens is 408 g/mol. The Morgan fingerprint density at radius 2 is 1.47 bits per heavy atom. The predicted octanol–water partition coefficient (Wildman–Crippen LogP) is 3.53. The highest BCUT2D eigenvalue weighted by molar-refractivity contribution is 5.83. The maximum absolute atomic E-state index is 12.3. The van der Waals surface area contributed by atoms with E-state index in [1.165, 1.54) is 22.3 Å². The summed E-state index contributed by atoms with van der Waals surface area (Å²) in [7, 11) is 0. The Labute approximate surface area is 187 Å². The van der Waals surface area contributed by atoms with Crippen LogP contribution < -0.4 is 10.6 Å². The minimum Gasteiger partial charge on any atom is -0.480 e. The fraction of sp³-hybridized carbons (Fsp3) is 0.400. The number of carbonyl (C=O) groups is 3. The first-order chi connectivity index (χ1) is 15.5. The van der Waals surface area contributed by atoms with Crippen LogP contribution in [0.25, 0.3) is 11.1 Å². The number of carboxylic acids is 1. The number of rotatable bonds is 7. The summed E-state index contributed by atoms with van der Waals surface area (Å²) in [6.07, 6.45) is 2.60. The van der Waals surface area contributed by atoms with Gasteiger partial charge < -0.3 is 20.5 Å². The van der Waals surface area contributed by atoms with Crippen molar-refractivity contribution in [3.63, 3.8) is 0 Å². The molecule has 0 bridgehead atoms. The third-order valence-electron chi connectivity index (χ3n) is 6.51. The summed E-state index contributed by atoms with van der Waals surface area (Å²) >= 11 is 0. The molecule has 32 heavy (non-hydrogen) atoms. The molecule has 0 radical (unpaired) electrons. The van der Waals surface area contributed by atoms with Crippen LogP contribution in [0.5, 0.6) is 0 Å². The number of hydrogen-bond acceptors (Lipinski definition) is 4. The third kappa shape index (κ3) is 4.93. The second kappa shape index (κ2) is 9.85. The number of amides is 2. The fourth-order valence-corrected chi connectivity index (χ4v) is 4.81. The molecular formula is C25H28N2O5. The quantitative estimate of drug-likeness (QED) is 0.616. The molecule has 0 atom stereocenters. The minimum absolute atomic E-state index is 0.0351. The molecule has 2 aliphatic rings. The standard InChI is InChI=1S/C25H28N2O5/c28-23(29)14-26-24(30)17-11-9-16(10-12-17)13-27-25(31)32-15-22-20-7-3-1-5-18(20)19-6-2-4-8-21(19)22/h1-8,16-17,22H,9-15H2,(H,26,30)(H,27,31)(H,28,29). The Morgan fingerprint density at radius 1 is 0.875 bits per heavy atom. The molecule has 1 fully saturated rings. The van der Waals surface area contributed by atoms with Gasteiger partial charge in [-0.25, -0.2) is 4.79 Å². The number of aliphatic carboxylic acids is 1. The van der Waals surface area contributed by atoms with E-state index in [2.05, 4.69) is 34.9 Å². The lowest BCUT2D eigenvalue weighted by Crippen LogP contribution is -2.38. The highest BCUT2D eigenvalue weighted by Gasteiger charge is 2.30. The molecule has 0 aromatic heterocycles. The highest BCUT2D eigenvalue weighted by Crippen LogP contribution is 2.44. The van der Waals surface area contributed by atoms with Crippen LogP contribution >= 0.6 is 0 Å². The van der Waals surface area contributed by atoms with E-state index >= 15 is 0 Å². The topological polar surface area (TPSA) is 105 Å². The molecule has 168 valence electrons. The van der Waals surface area contributed by atoms with E-state index in [1.807, 2.05) is 24.3 Å². The van der Waals surface area contributed by atoms with Crippen LogP contribution in [0.2, 0.25) is 0 Å². The SMILES string of the molecule is O=C(O)CNC(=O)C1CCC(CNC(=O)OCC2c3ccccc3-c3ccccc32)CC1. The van der Waals surface area contributed by atoms with Crippen molar-refractivity contribution in [3.05, 3.63) is 59.7 Å². The molecule has 2 aliphatic carbocycles. The first-order valence-corrected chi connectivity index (χ1v) is 11.1. The third-order valence-corrected chi connectivity index (χ3v) is 6.51. The molecule has 0 aliphatic heterocycles. The first-order valence-electron chi connectivity index (χ1n) is 11.1. The van der Waals surface area contributed by atoms with Gasteiger partial charge in [0.05, 0.1) is 0 Å². The van der Waals surface area contributed by atoms with E-state index in [0.717, 1.165) is 12.8 Å². The largest absolute Gasteiger partial charge is 0.480 e. The van der Waals surface area contributed by atoms with Crippen LogP contribution in [-0.4, -0.2) is 42.8 Å². The zero-order chi connectivity index (χ0) is 22.5. The maximum atomic E-state index is 12.3. The lowest BCUT2D eigenvalue weighted by Gasteiger charge is -2.27. The summed E-state index contributed by atoms with van der Waals surface area (Å²) in [4.78, 5) is 34.9. The monoisotopic (exact) mass is 436 g/mol. The Balaban J connectivity index is 1.22. The van der Waals surface area contributed by atoms with Crippen molar-refractivity contribution in [1.82, 2.24) is 10.6 Å². The van der Waals surface area contributed by atoms with Crippen LogP contribution in [0, 0.1) is 11.8 Å². The van der Waals surface area contributed by atoms with Gasteiger partial charge in [-0.2, -0.15) is 0 Å². The van der Waals surface area contributed by atoms with Crippen molar-refractivity contribution in [2.75, 3.05) is 19.7 Å². The lowest BCUT2D eigenvalue weighted by atomic mass is 9.81. The zero-order valence-electron chi connectivity index (χ0n) is 17.9.